The predicted molar refractivity (Wildman–Crippen MR) is 53.8 cm³/mol. The van der Waals surface area contributed by atoms with Gasteiger partial charge in [-0.3, -0.25) is 0 Å². The summed E-state index contributed by atoms with van der Waals surface area (Å²) in [5.74, 6) is -0.871. The van der Waals surface area contributed by atoms with E-state index in [1.54, 1.807) is 6.92 Å². The number of rotatable bonds is 2. The van der Waals surface area contributed by atoms with Gasteiger partial charge in [0.1, 0.15) is 9.88 Å². The Morgan fingerprint density at radius 2 is 2.50 bits per heavy atom. The molecule has 2 rings (SSSR count). The lowest BCUT2D eigenvalue weighted by Gasteiger charge is -2.03. The number of nitrogens with zero attached hydrogens (tertiary/aromatic N) is 1. The van der Waals surface area contributed by atoms with Gasteiger partial charge in [-0.25, -0.2) is 9.78 Å². The van der Waals surface area contributed by atoms with E-state index in [-0.39, 0.29) is 6.04 Å². The smallest absolute Gasteiger partial charge is 0.347 e. The third-order valence-electron chi connectivity index (χ3n) is 2.37. The quantitative estimate of drug-likeness (QED) is 0.781. The summed E-state index contributed by atoms with van der Waals surface area (Å²) in [7, 11) is 0. The fourth-order valence-electron chi connectivity index (χ4n) is 1.66. The molecule has 0 aromatic carbocycles. The lowest BCUT2D eigenvalue weighted by atomic mass is 10.2. The van der Waals surface area contributed by atoms with Crippen molar-refractivity contribution < 1.29 is 9.90 Å². The molecule has 4 nitrogen and oxygen atoms in total. The number of nitrogens with one attached hydrogen (secondary N) is 1. The Balaban J connectivity index is 2.27. The molecule has 0 saturated carbocycles. The van der Waals surface area contributed by atoms with Crippen LogP contribution in [0.4, 0.5) is 0 Å². The van der Waals surface area contributed by atoms with E-state index in [1.165, 1.54) is 11.3 Å². The maximum Gasteiger partial charge on any atom is 0.347 e. The van der Waals surface area contributed by atoms with E-state index in [0.717, 1.165) is 24.4 Å². The zero-order chi connectivity index (χ0) is 10.1. The highest BCUT2D eigenvalue weighted by atomic mass is 32.1. The first kappa shape index (κ1) is 9.61. The number of carbonyl (C=O) groups is 1. The number of hydrogen-bond acceptors (Lipinski definition) is 4. The first-order valence-corrected chi connectivity index (χ1v) is 5.44. The van der Waals surface area contributed by atoms with Gasteiger partial charge in [0.2, 0.25) is 0 Å². The Bertz CT molecular complexity index is 356. The van der Waals surface area contributed by atoms with Crippen molar-refractivity contribution in [1.29, 1.82) is 0 Å². The molecule has 2 heterocycles. The molecular weight excluding hydrogens is 200 g/mol. The molecule has 1 aromatic heterocycles. The number of hydrogen-bond donors (Lipinski definition) is 2. The topological polar surface area (TPSA) is 62.2 Å². The number of carboxylic acid groups (broad SMARTS) is 1. The fourth-order valence-corrected chi connectivity index (χ4v) is 2.68. The van der Waals surface area contributed by atoms with E-state index >= 15 is 0 Å². The highest BCUT2D eigenvalue weighted by molar-refractivity contribution is 7.13. The number of aromatic carboxylic acids is 1. The first-order chi connectivity index (χ1) is 6.68. The van der Waals surface area contributed by atoms with Crippen molar-refractivity contribution in [2.24, 2.45) is 0 Å². The van der Waals surface area contributed by atoms with Crippen LogP contribution in [0.25, 0.3) is 0 Å². The molecule has 76 valence electrons. The van der Waals surface area contributed by atoms with Crippen molar-refractivity contribution in [2.75, 3.05) is 6.54 Å². The predicted octanol–water partition coefficient (Wildman–Crippen LogP) is 1.57. The van der Waals surface area contributed by atoms with E-state index in [0.29, 0.717) is 10.6 Å². The molecule has 1 aromatic rings. The summed E-state index contributed by atoms with van der Waals surface area (Å²) in [4.78, 5) is 15.5. The van der Waals surface area contributed by atoms with Crippen LogP contribution < -0.4 is 5.32 Å². The van der Waals surface area contributed by atoms with Gasteiger partial charge in [-0.1, -0.05) is 0 Å². The van der Waals surface area contributed by atoms with Gasteiger partial charge in [-0.15, -0.1) is 11.3 Å². The van der Waals surface area contributed by atoms with Gasteiger partial charge in [-0.2, -0.15) is 0 Å². The average Bonchev–Trinajstić information content (AvgIpc) is 2.70. The summed E-state index contributed by atoms with van der Waals surface area (Å²) in [5, 5.41) is 13.1. The van der Waals surface area contributed by atoms with Gasteiger partial charge in [-0.05, 0) is 26.3 Å². The Labute approximate surface area is 86.0 Å². The second-order valence-electron chi connectivity index (χ2n) is 3.42. The summed E-state index contributed by atoms with van der Waals surface area (Å²) in [6.45, 7) is 2.75. The van der Waals surface area contributed by atoms with Gasteiger partial charge in [0, 0.05) is 0 Å². The lowest BCUT2D eigenvalue weighted by Crippen LogP contribution is -2.12. The Kier molecular flexibility index (Phi) is 2.52. The third kappa shape index (κ3) is 1.65. The fraction of sp³-hybridized carbons (Fsp3) is 0.556. The number of aryl methyl sites for hydroxylation is 1. The largest absolute Gasteiger partial charge is 0.477 e. The highest BCUT2D eigenvalue weighted by Crippen LogP contribution is 2.28. The zero-order valence-corrected chi connectivity index (χ0v) is 8.73. The van der Waals surface area contributed by atoms with E-state index < -0.39 is 5.97 Å². The van der Waals surface area contributed by atoms with Crippen molar-refractivity contribution in [1.82, 2.24) is 10.3 Å². The summed E-state index contributed by atoms with van der Waals surface area (Å²) in [6, 6.07) is 0.270. The number of aromatic nitrogens is 1. The van der Waals surface area contributed by atoms with Gasteiger partial charge < -0.3 is 10.4 Å². The Hall–Kier alpha value is -0.940. The van der Waals surface area contributed by atoms with Crippen LogP contribution in [0.1, 0.15) is 39.3 Å². The molecule has 0 bridgehead atoms. The molecular formula is C9H12N2O2S. The molecule has 0 unspecified atom stereocenters. The number of carboxylic acids is 1. The van der Waals surface area contributed by atoms with Crippen LogP contribution in [-0.2, 0) is 0 Å². The molecule has 0 radical (unpaired) electrons. The molecule has 1 aliphatic heterocycles. The summed E-state index contributed by atoms with van der Waals surface area (Å²) >= 11 is 1.29. The average molecular weight is 212 g/mol. The third-order valence-corrected chi connectivity index (χ3v) is 3.62. The summed E-state index contributed by atoms with van der Waals surface area (Å²) < 4.78 is 0. The van der Waals surface area contributed by atoms with Crippen LogP contribution in [0.5, 0.6) is 0 Å². The van der Waals surface area contributed by atoms with Gasteiger partial charge in [0.05, 0.1) is 11.7 Å². The first-order valence-electron chi connectivity index (χ1n) is 4.62. The normalized spacial score (nSPS) is 21.4. The standard InChI is InChI=1S/C9H12N2O2S/c1-5-7(9(12)13)14-8(11-5)6-3-2-4-10-6/h6,10H,2-4H2,1H3,(H,12,13)/t6-/m1/s1. The molecule has 0 aliphatic carbocycles. The van der Waals surface area contributed by atoms with E-state index in [9.17, 15) is 4.79 Å². The molecule has 14 heavy (non-hydrogen) atoms. The van der Waals surface area contributed by atoms with Crippen molar-refractivity contribution in [2.45, 2.75) is 25.8 Å². The molecule has 2 N–H and O–H groups in total. The van der Waals surface area contributed by atoms with Crippen LogP contribution >= 0.6 is 11.3 Å². The highest BCUT2D eigenvalue weighted by Gasteiger charge is 2.22. The van der Waals surface area contributed by atoms with Crippen molar-refractivity contribution in [3.63, 3.8) is 0 Å². The van der Waals surface area contributed by atoms with Gasteiger partial charge >= 0.3 is 5.97 Å². The van der Waals surface area contributed by atoms with Crippen LogP contribution in [0.2, 0.25) is 0 Å². The minimum Gasteiger partial charge on any atom is -0.477 e. The second kappa shape index (κ2) is 3.67. The Morgan fingerprint density at radius 1 is 1.71 bits per heavy atom. The SMILES string of the molecule is Cc1nc([C@H]2CCCN2)sc1C(=O)O. The van der Waals surface area contributed by atoms with Crippen LogP contribution in [-0.4, -0.2) is 22.6 Å². The van der Waals surface area contributed by atoms with E-state index in [1.807, 2.05) is 0 Å². The summed E-state index contributed by atoms with van der Waals surface area (Å²) in [5.41, 5.74) is 0.631. The lowest BCUT2D eigenvalue weighted by molar-refractivity contribution is 0.0701. The molecule has 0 amide bonds. The molecule has 1 saturated heterocycles. The van der Waals surface area contributed by atoms with Crippen molar-refractivity contribution in [3.05, 3.63) is 15.6 Å². The minimum atomic E-state index is -0.871. The van der Waals surface area contributed by atoms with Gasteiger partial charge in [0.25, 0.3) is 0 Å². The maximum absolute atomic E-state index is 10.8. The van der Waals surface area contributed by atoms with Crippen molar-refractivity contribution in [3.8, 4) is 0 Å². The second-order valence-corrected chi connectivity index (χ2v) is 4.45. The van der Waals surface area contributed by atoms with E-state index in [2.05, 4.69) is 10.3 Å². The number of thiazole rings is 1. The van der Waals surface area contributed by atoms with Crippen LogP contribution in [0, 0.1) is 6.92 Å². The van der Waals surface area contributed by atoms with Crippen LogP contribution in [0.3, 0.4) is 0 Å². The molecule has 1 aliphatic rings. The molecule has 0 spiro atoms. The Morgan fingerprint density at radius 3 is 3.00 bits per heavy atom. The van der Waals surface area contributed by atoms with Crippen LogP contribution in [0.15, 0.2) is 0 Å². The minimum absolute atomic E-state index is 0.270. The molecule has 1 atom stereocenters. The zero-order valence-electron chi connectivity index (χ0n) is 7.91. The molecule has 1 fully saturated rings. The van der Waals surface area contributed by atoms with E-state index in [4.69, 9.17) is 5.11 Å². The maximum atomic E-state index is 10.8. The van der Waals surface area contributed by atoms with Crippen molar-refractivity contribution >= 4 is 17.3 Å². The summed E-state index contributed by atoms with van der Waals surface area (Å²) in [6.07, 6.45) is 2.21. The molecule has 5 heteroatoms. The monoisotopic (exact) mass is 212 g/mol. The van der Waals surface area contributed by atoms with Gasteiger partial charge in [0.15, 0.2) is 0 Å².